The van der Waals surface area contributed by atoms with Crippen molar-refractivity contribution in [3.63, 3.8) is 0 Å². The van der Waals surface area contributed by atoms with Gasteiger partial charge in [0.2, 0.25) is 0 Å². The highest BCUT2D eigenvalue weighted by atomic mass is 31.1. The first kappa shape index (κ1) is 19.6. The van der Waals surface area contributed by atoms with E-state index in [4.69, 9.17) is 0 Å². The van der Waals surface area contributed by atoms with E-state index in [2.05, 4.69) is 97.1 Å². The zero-order valence-corrected chi connectivity index (χ0v) is 18.2. The van der Waals surface area contributed by atoms with Gasteiger partial charge in [0, 0.05) is 0 Å². The third-order valence-electron chi connectivity index (χ3n) is 5.36. The van der Waals surface area contributed by atoms with Crippen molar-refractivity contribution >= 4 is 26.5 Å². The lowest BCUT2D eigenvalue weighted by Crippen LogP contribution is -2.12. The number of hydrogen-bond acceptors (Lipinski definition) is 0. The summed E-state index contributed by atoms with van der Waals surface area (Å²) in [7, 11) is -0.474. The molecule has 0 saturated carbocycles. The molecule has 2 unspecified atom stereocenters. The Bertz CT molecular complexity index is 800. The second kappa shape index (κ2) is 10.2. The van der Waals surface area contributed by atoms with Gasteiger partial charge in [0.15, 0.2) is 0 Å². The molecule has 2 aliphatic carbocycles. The minimum Gasteiger partial charge on any atom is -0.0842 e. The Balaban J connectivity index is 1.60. The first-order valence-electron chi connectivity index (χ1n) is 10.3. The van der Waals surface area contributed by atoms with Crippen molar-refractivity contribution in [1.29, 1.82) is 0 Å². The molecule has 0 aliphatic heterocycles. The molecule has 0 spiro atoms. The van der Waals surface area contributed by atoms with Crippen LogP contribution in [0.25, 0.3) is 0 Å². The van der Waals surface area contributed by atoms with E-state index in [0.717, 1.165) is 0 Å². The maximum absolute atomic E-state index is 2.40. The molecule has 0 heterocycles. The van der Waals surface area contributed by atoms with E-state index in [1.165, 1.54) is 38.0 Å². The molecule has 0 amide bonds. The van der Waals surface area contributed by atoms with E-state index in [-0.39, 0.29) is 15.8 Å². The van der Waals surface area contributed by atoms with Gasteiger partial charge in [-0.25, -0.2) is 0 Å². The van der Waals surface area contributed by atoms with Crippen molar-refractivity contribution in [3.05, 3.63) is 108 Å². The Morgan fingerprint density at radius 3 is 1.36 bits per heavy atom. The van der Waals surface area contributed by atoms with E-state index >= 15 is 0 Å². The summed E-state index contributed by atoms with van der Waals surface area (Å²) in [6, 6.07) is 22.5. The topological polar surface area (TPSA) is 0 Å². The van der Waals surface area contributed by atoms with Gasteiger partial charge in [0.05, 0.1) is 0 Å². The minimum absolute atomic E-state index is 0.237. The fourth-order valence-electron chi connectivity index (χ4n) is 3.92. The van der Waals surface area contributed by atoms with E-state index in [0.29, 0.717) is 0 Å². The summed E-state index contributed by atoms with van der Waals surface area (Å²) in [5.41, 5.74) is 0. The molecule has 0 bridgehead atoms. The number of hydrogen-bond donors (Lipinski definition) is 0. The Kier molecular flexibility index (Phi) is 7.10. The van der Waals surface area contributed by atoms with Crippen molar-refractivity contribution in [2.75, 3.05) is 12.3 Å². The van der Waals surface area contributed by atoms with Gasteiger partial charge in [-0.1, -0.05) is 97.1 Å². The summed E-state index contributed by atoms with van der Waals surface area (Å²) < 4.78 is 0. The molecular formula is C26H28P2. The van der Waals surface area contributed by atoms with Crippen LogP contribution in [-0.4, -0.2) is 12.3 Å². The molecule has 2 heteroatoms. The van der Waals surface area contributed by atoms with Gasteiger partial charge in [-0.3, -0.25) is 0 Å². The van der Waals surface area contributed by atoms with E-state index in [9.17, 15) is 0 Å². The number of allylic oxidation sites excluding steroid dienone is 8. The molecule has 0 radical (unpaired) electrons. The highest BCUT2D eigenvalue weighted by Gasteiger charge is 2.22. The van der Waals surface area contributed by atoms with Crippen LogP contribution < -0.4 is 10.6 Å². The third-order valence-corrected chi connectivity index (χ3v) is 11.0. The minimum atomic E-state index is -0.237. The molecule has 2 aromatic carbocycles. The largest absolute Gasteiger partial charge is 0.0842 e. The quantitative estimate of drug-likeness (QED) is 0.435. The Hall–Kier alpha value is -1.74. The molecule has 0 nitrogen and oxygen atoms in total. The standard InChI is InChI=1S/C26H28P2/c1-5-13-23(14-6-1)27(24-15-7-2-8-16-24)21-22-28(25-17-9-3-10-18-25)26-19-11-4-12-20-26/h1-7,9-11,13-15,17-19H,8,12,16,20-22H2. The summed E-state index contributed by atoms with van der Waals surface area (Å²) in [4.78, 5) is 0. The molecule has 2 aromatic rings. The van der Waals surface area contributed by atoms with Crippen molar-refractivity contribution in [3.8, 4) is 0 Å². The predicted octanol–water partition coefficient (Wildman–Crippen LogP) is 7.07. The van der Waals surface area contributed by atoms with Crippen LogP contribution in [0.3, 0.4) is 0 Å². The van der Waals surface area contributed by atoms with Gasteiger partial charge < -0.3 is 0 Å². The normalized spacial score (nSPS) is 18.3. The number of rotatable bonds is 7. The van der Waals surface area contributed by atoms with E-state index in [1.807, 2.05) is 0 Å². The smallest absolute Gasteiger partial charge is 0.0198 e. The molecule has 2 atom stereocenters. The molecule has 4 rings (SSSR count). The monoisotopic (exact) mass is 402 g/mol. The SMILES string of the molecule is C1=CCCC(P(CCP(C2=CC=CCC2)c2ccccc2)c2ccccc2)=C1. The lowest BCUT2D eigenvalue weighted by Gasteiger charge is -2.27. The number of benzene rings is 2. The van der Waals surface area contributed by atoms with Crippen LogP contribution in [0.1, 0.15) is 25.7 Å². The Morgan fingerprint density at radius 2 is 1.00 bits per heavy atom. The second-order valence-corrected chi connectivity index (χ2v) is 12.0. The molecule has 142 valence electrons. The molecule has 0 fully saturated rings. The summed E-state index contributed by atoms with van der Waals surface area (Å²) in [5, 5.41) is 6.42. The average Bonchev–Trinajstić information content (AvgIpc) is 2.79. The van der Waals surface area contributed by atoms with E-state index in [1.54, 1.807) is 21.2 Å². The molecule has 2 aliphatic rings. The molecule has 0 aromatic heterocycles. The summed E-state index contributed by atoms with van der Waals surface area (Å²) in [6.07, 6.45) is 21.4. The van der Waals surface area contributed by atoms with Crippen LogP contribution in [0, 0.1) is 0 Å². The highest BCUT2D eigenvalue weighted by molar-refractivity contribution is 7.73. The lowest BCUT2D eigenvalue weighted by atomic mass is 10.2. The first-order valence-corrected chi connectivity index (χ1v) is 13.3. The fourth-order valence-corrected chi connectivity index (χ4v) is 9.67. The van der Waals surface area contributed by atoms with Crippen LogP contribution in [0.15, 0.2) is 108 Å². The van der Waals surface area contributed by atoms with Gasteiger partial charge >= 0.3 is 0 Å². The van der Waals surface area contributed by atoms with E-state index < -0.39 is 0 Å². The third kappa shape index (κ3) is 5.00. The van der Waals surface area contributed by atoms with Crippen LogP contribution >= 0.6 is 15.8 Å². The van der Waals surface area contributed by atoms with Crippen molar-refractivity contribution in [2.24, 2.45) is 0 Å². The maximum atomic E-state index is 2.40. The highest BCUT2D eigenvalue weighted by Crippen LogP contribution is 2.53. The van der Waals surface area contributed by atoms with Gasteiger partial charge in [-0.2, -0.15) is 0 Å². The van der Waals surface area contributed by atoms with Crippen LogP contribution in [0.4, 0.5) is 0 Å². The fraction of sp³-hybridized carbons (Fsp3) is 0.231. The first-order chi connectivity index (χ1) is 13.9. The van der Waals surface area contributed by atoms with Gasteiger partial charge in [0.25, 0.3) is 0 Å². The van der Waals surface area contributed by atoms with Gasteiger partial charge in [0.1, 0.15) is 0 Å². The van der Waals surface area contributed by atoms with Crippen molar-refractivity contribution in [2.45, 2.75) is 25.7 Å². The molecule has 0 saturated heterocycles. The zero-order valence-electron chi connectivity index (χ0n) is 16.4. The predicted molar refractivity (Wildman–Crippen MR) is 129 cm³/mol. The van der Waals surface area contributed by atoms with Crippen molar-refractivity contribution in [1.82, 2.24) is 0 Å². The summed E-state index contributed by atoms with van der Waals surface area (Å²) in [6.45, 7) is 0. The van der Waals surface area contributed by atoms with Crippen molar-refractivity contribution < 1.29 is 0 Å². The van der Waals surface area contributed by atoms with Crippen LogP contribution in [0.5, 0.6) is 0 Å². The Morgan fingerprint density at radius 1 is 0.571 bits per heavy atom. The summed E-state index contributed by atoms with van der Waals surface area (Å²) in [5.74, 6) is 0. The zero-order chi connectivity index (χ0) is 19.0. The second-order valence-electron chi connectivity index (χ2n) is 7.22. The molecular weight excluding hydrogens is 374 g/mol. The lowest BCUT2D eigenvalue weighted by molar-refractivity contribution is 1.01. The van der Waals surface area contributed by atoms with Crippen LogP contribution in [-0.2, 0) is 0 Å². The molecule has 0 N–H and O–H groups in total. The maximum Gasteiger partial charge on any atom is -0.0198 e. The van der Waals surface area contributed by atoms with Crippen LogP contribution in [0.2, 0.25) is 0 Å². The molecule has 28 heavy (non-hydrogen) atoms. The Labute approximate surface area is 172 Å². The average molecular weight is 402 g/mol. The summed E-state index contributed by atoms with van der Waals surface area (Å²) >= 11 is 0. The van der Waals surface area contributed by atoms with Gasteiger partial charge in [-0.05, 0) is 75.1 Å². The van der Waals surface area contributed by atoms with Gasteiger partial charge in [-0.15, -0.1) is 0 Å².